The van der Waals surface area contributed by atoms with E-state index in [4.69, 9.17) is 0 Å². The van der Waals surface area contributed by atoms with E-state index in [1.54, 1.807) is 10.8 Å². The maximum absolute atomic E-state index is 12.8. The normalized spacial score (nSPS) is 17.0. The standard InChI is InChI=1S/C22H28N4O2S/c27-20(24-16-8-2-1-3-9-16)15-29-21-18-11-4-5-12-19(18)26(22(28)25-21)14-17-10-6-7-13-23-17/h6-7,10,13,16H,1-5,8-9,11-12,14-15H2,(H,24,27). The zero-order valence-corrected chi connectivity index (χ0v) is 17.5. The molecule has 0 unspecified atom stereocenters. The van der Waals surface area contributed by atoms with E-state index in [1.165, 1.54) is 31.0 Å². The third-order valence-electron chi connectivity index (χ3n) is 5.81. The van der Waals surface area contributed by atoms with Gasteiger partial charge in [0.1, 0.15) is 5.03 Å². The lowest BCUT2D eigenvalue weighted by Crippen LogP contribution is -2.37. The van der Waals surface area contributed by atoms with Gasteiger partial charge in [0.15, 0.2) is 0 Å². The van der Waals surface area contributed by atoms with Gasteiger partial charge in [-0.3, -0.25) is 14.3 Å². The summed E-state index contributed by atoms with van der Waals surface area (Å²) in [6, 6.07) is 6.05. The van der Waals surface area contributed by atoms with Crippen LogP contribution in [-0.2, 0) is 24.2 Å². The average molecular weight is 413 g/mol. The minimum absolute atomic E-state index is 0.0472. The molecule has 1 saturated carbocycles. The lowest BCUT2D eigenvalue weighted by molar-refractivity contribution is -0.119. The molecule has 1 fully saturated rings. The number of rotatable bonds is 6. The Morgan fingerprint density at radius 2 is 1.97 bits per heavy atom. The van der Waals surface area contributed by atoms with Gasteiger partial charge in [-0.1, -0.05) is 37.1 Å². The quantitative estimate of drug-likeness (QED) is 0.583. The Balaban J connectivity index is 1.49. The molecule has 0 bridgehead atoms. The topological polar surface area (TPSA) is 76.9 Å². The van der Waals surface area contributed by atoms with Crippen LogP contribution in [0.5, 0.6) is 0 Å². The van der Waals surface area contributed by atoms with E-state index in [9.17, 15) is 9.59 Å². The first kappa shape index (κ1) is 20.1. The number of nitrogens with zero attached hydrogens (tertiary/aromatic N) is 3. The van der Waals surface area contributed by atoms with Gasteiger partial charge in [0.2, 0.25) is 5.91 Å². The lowest BCUT2D eigenvalue weighted by atomic mass is 9.95. The molecule has 6 nitrogen and oxygen atoms in total. The zero-order valence-electron chi connectivity index (χ0n) is 16.7. The smallest absolute Gasteiger partial charge is 0.349 e. The monoisotopic (exact) mass is 412 g/mol. The minimum atomic E-state index is -0.244. The molecular weight excluding hydrogens is 384 g/mol. The van der Waals surface area contributed by atoms with Crippen LogP contribution in [0.1, 0.15) is 61.9 Å². The summed E-state index contributed by atoms with van der Waals surface area (Å²) in [6.07, 6.45) is 11.5. The van der Waals surface area contributed by atoms with Gasteiger partial charge in [-0.05, 0) is 50.7 Å². The van der Waals surface area contributed by atoms with Crippen molar-refractivity contribution >= 4 is 17.7 Å². The Bertz CT molecular complexity index is 907. The van der Waals surface area contributed by atoms with Crippen molar-refractivity contribution in [2.75, 3.05) is 5.75 Å². The Labute approximate surface area is 175 Å². The fraction of sp³-hybridized carbons (Fsp3) is 0.545. The van der Waals surface area contributed by atoms with Crippen molar-refractivity contribution in [3.05, 3.63) is 51.8 Å². The number of hydrogen-bond acceptors (Lipinski definition) is 5. The molecule has 7 heteroatoms. The van der Waals surface area contributed by atoms with Crippen molar-refractivity contribution < 1.29 is 4.79 Å². The van der Waals surface area contributed by atoms with Crippen molar-refractivity contribution in [2.45, 2.75) is 75.4 Å². The van der Waals surface area contributed by atoms with Crippen LogP contribution in [0.3, 0.4) is 0 Å². The number of carbonyl (C=O) groups excluding carboxylic acids is 1. The molecule has 1 N–H and O–H groups in total. The maximum Gasteiger partial charge on any atom is 0.349 e. The van der Waals surface area contributed by atoms with Crippen LogP contribution in [-0.4, -0.2) is 32.2 Å². The van der Waals surface area contributed by atoms with Crippen LogP contribution < -0.4 is 11.0 Å². The number of carbonyl (C=O) groups is 1. The number of aromatic nitrogens is 3. The second-order valence-corrected chi connectivity index (χ2v) is 8.89. The summed E-state index contributed by atoms with van der Waals surface area (Å²) in [4.78, 5) is 33.9. The molecule has 0 saturated heterocycles. The van der Waals surface area contributed by atoms with Crippen LogP contribution in [0.15, 0.2) is 34.2 Å². The van der Waals surface area contributed by atoms with Crippen LogP contribution >= 0.6 is 11.8 Å². The summed E-state index contributed by atoms with van der Waals surface area (Å²) in [5.74, 6) is 0.366. The van der Waals surface area contributed by atoms with Crippen molar-refractivity contribution in [1.29, 1.82) is 0 Å². The first-order valence-corrected chi connectivity index (χ1v) is 11.6. The predicted molar refractivity (Wildman–Crippen MR) is 114 cm³/mol. The van der Waals surface area contributed by atoms with Gasteiger partial charge >= 0.3 is 5.69 Å². The highest BCUT2D eigenvalue weighted by molar-refractivity contribution is 7.99. The Morgan fingerprint density at radius 3 is 2.76 bits per heavy atom. The Morgan fingerprint density at radius 1 is 1.14 bits per heavy atom. The number of thioether (sulfide) groups is 1. The Hall–Kier alpha value is -2.15. The molecule has 0 spiro atoms. The summed E-state index contributed by atoms with van der Waals surface area (Å²) < 4.78 is 1.77. The van der Waals surface area contributed by atoms with Gasteiger partial charge in [0.05, 0.1) is 18.0 Å². The second kappa shape index (κ2) is 9.57. The molecule has 4 rings (SSSR count). The maximum atomic E-state index is 12.8. The van der Waals surface area contributed by atoms with E-state index in [0.717, 1.165) is 60.5 Å². The molecule has 2 aromatic heterocycles. The number of nitrogens with one attached hydrogen (secondary N) is 1. The van der Waals surface area contributed by atoms with Crippen molar-refractivity contribution in [1.82, 2.24) is 19.9 Å². The summed E-state index contributed by atoms with van der Waals surface area (Å²) in [6.45, 7) is 0.447. The fourth-order valence-corrected chi connectivity index (χ4v) is 5.22. The highest BCUT2D eigenvalue weighted by Crippen LogP contribution is 2.28. The first-order valence-electron chi connectivity index (χ1n) is 10.7. The predicted octanol–water partition coefficient (Wildman–Crippen LogP) is 3.11. The molecule has 2 aliphatic carbocycles. The number of pyridine rings is 1. The molecule has 2 heterocycles. The molecule has 0 atom stereocenters. The zero-order chi connectivity index (χ0) is 20.1. The summed E-state index contributed by atoms with van der Waals surface area (Å²) in [5.41, 5.74) is 2.82. The van der Waals surface area contributed by atoms with E-state index in [1.807, 2.05) is 18.2 Å². The fourth-order valence-electron chi connectivity index (χ4n) is 4.33. The molecule has 1 amide bonds. The SMILES string of the molecule is O=C(CSc1nc(=O)n(Cc2ccccn2)c2c1CCCC2)NC1CCCCC1. The van der Waals surface area contributed by atoms with E-state index in [2.05, 4.69) is 15.3 Å². The molecular formula is C22H28N4O2S. The van der Waals surface area contributed by atoms with E-state index < -0.39 is 0 Å². The Kier molecular flexibility index (Phi) is 6.64. The highest BCUT2D eigenvalue weighted by atomic mass is 32.2. The van der Waals surface area contributed by atoms with Crippen molar-refractivity contribution in [2.24, 2.45) is 0 Å². The van der Waals surface area contributed by atoms with E-state index in [0.29, 0.717) is 18.3 Å². The molecule has 0 aliphatic heterocycles. The summed E-state index contributed by atoms with van der Waals surface area (Å²) in [7, 11) is 0. The van der Waals surface area contributed by atoms with Crippen LogP contribution in [0, 0.1) is 0 Å². The van der Waals surface area contributed by atoms with Crippen LogP contribution in [0.4, 0.5) is 0 Å². The lowest BCUT2D eigenvalue weighted by Gasteiger charge is -2.24. The average Bonchev–Trinajstić information content (AvgIpc) is 2.76. The van der Waals surface area contributed by atoms with Crippen molar-refractivity contribution in [3.8, 4) is 0 Å². The molecule has 2 aliphatic rings. The largest absolute Gasteiger partial charge is 0.353 e. The van der Waals surface area contributed by atoms with E-state index in [-0.39, 0.29) is 11.6 Å². The van der Waals surface area contributed by atoms with Crippen LogP contribution in [0.2, 0.25) is 0 Å². The first-order chi connectivity index (χ1) is 14.2. The number of amides is 1. The number of fused-ring (bicyclic) bond motifs is 1. The third-order valence-corrected chi connectivity index (χ3v) is 6.82. The third kappa shape index (κ3) is 5.07. The minimum Gasteiger partial charge on any atom is -0.353 e. The summed E-state index contributed by atoms with van der Waals surface area (Å²) >= 11 is 1.41. The van der Waals surface area contributed by atoms with Crippen LogP contribution in [0.25, 0.3) is 0 Å². The van der Waals surface area contributed by atoms with Gasteiger partial charge in [0.25, 0.3) is 0 Å². The molecule has 0 radical (unpaired) electrons. The number of hydrogen-bond donors (Lipinski definition) is 1. The van der Waals surface area contributed by atoms with Gasteiger partial charge < -0.3 is 5.32 Å². The highest BCUT2D eigenvalue weighted by Gasteiger charge is 2.22. The molecule has 0 aromatic carbocycles. The molecule has 154 valence electrons. The van der Waals surface area contributed by atoms with Gasteiger partial charge in [-0.15, -0.1) is 0 Å². The van der Waals surface area contributed by atoms with Gasteiger partial charge in [-0.2, -0.15) is 4.98 Å². The molecule has 2 aromatic rings. The molecule has 29 heavy (non-hydrogen) atoms. The summed E-state index contributed by atoms with van der Waals surface area (Å²) in [5, 5.41) is 3.89. The van der Waals surface area contributed by atoms with Gasteiger partial charge in [-0.25, -0.2) is 4.79 Å². The van der Waals surface area contributed by atoms with Crippen molar-refractivity contribution in [3.63, 3.8) is 0 Å². The van der Waals surface area contributed by atoms with Gasteiger partial charge in [0, 0.05) is 23.5 Å². The second-order valence-electron chi connectivity index (χ2n) is 7.93. The van der Waals surface area contributed by atoms with E-state index >= 15 is 0 Å².